The molecule has 0 amide bonds. The van der Waals surface area contributed by atoms with Gasteiger partial charge < -0.3 is 19.9 Å². The molecule has 2 atom stereocenters. The van der Waals surface area contributed by atoms with Crippen molar-refractivity contribution in [1.82, 2.24) is 5.32 Å². The normalized spacial score (nSPS) is 17.8. The zero-order valence-electron chi connectivity index (χ0n) is 15.6. The summed E-state index contributed by atoms with van der Waals surface area (Å²) < 4.78 is 10.5. The van der Waals surface area contributed by atoms with Gasteiger partial charge in [0.2, 0.25) is 0 Å². The van der Waals surface area contributed by atoms with Gasteiger partial charge in [-0.2, -0.15) is 0 Å². The number of aliphatic hydroxyl groups is 1. The van der Waals surface area contributed by atoms with E-state index in [-0.39, 0.29) is 12.0 Å². The second-order valence-electron chi connectivity index (χ2n) is 6.85. The standard InChI is InChI=1S/C20H31NO4/c1-14(21-12-11-17(22)15-7-5-4-6-8-15)20(23)16-9-10-18(24-2)19(13-16)25-3/h9-10,13-15,20-21,23H,4-8,11-12H2,1-3H3. The first-order valence-corrected chi connectivity index (χ1v) is 9.23. The van der Waals surface area contributed by atoms with Crippen molar-refractivity contribution in [1.29, 1.82) is 0 Å². The summed E-state index contributed by atoms with van der Waals surface area (Å²) in [5.74, 6) is 1.84. The Morgan fingerprint density at radius 1 is 1.20 bits per heavy atom. The van der Waals surface area contributed by atoms with Crippen LogP contribution in [0.3, 0.4) is 0 Å². The Labute approximate surface area is 150 Å². The molecular weight excluding hydrogens is 318 g/mol. The van der Waals surface area contributed by atoms with Crippen LogP contribution in [-0.4, -0.2) is 37.7 Å². The third kappa shape index (κ3) is 5.44. The molecule has 0 aromatic heterocycles. The van der Waals surface area contributed by atoms with Crippen molar-refractivity contribution in [3.05, 3.63) is 23.8 Å². The maximum absolute atomic E-state index is 12.2. The van der Waals surface area contributed by atoms with Crippen molar-refractivity contribution in [2.24, 2.45) is 5.92 Å². The summed E-state index contributed by atoms with van der Waals surface area (Å²) in [5, 5.41) is 13.8. The average molecular weight is 349 g/mol. The van der Waals surface area contributed by atoms with Crippen molar-refractivity contribution in [3.8, 4) is 11.5 Å². The minimum absolute atomic E-state index is 0.155. The number of aliphatic hydroxyl groups excluding tert-OH is 1. The lowest BCUT2D eigenvalue weighted by Crippen LogP contribution is -2.34. The van der Waals surface area contributed by atoms with Crippen molar-refractivity contribution < 1.29 is 19.4 Å². The summed E-state index contributed by atoms with van der Waals surface area (Å²) in [4.78, 5) is 12.2. The molecule has 5 nitrogen and oxygen atoms in total. The van der Waals surface area contributed by atoms with E-state index in [9.17, 15) is 9.90 Å². The smallest absolute Gasteiger partial charge is 0.161 e. The van der Waals surface area contributed by atoms with E-state index in [1.807, 2.05) is 13.0 Å². The molecule has 2 unspecified atom stereocenters. The van der Waals surface area contributed by atoms with Gasteiger partial charge in [0.05, 0.1) is 20.3 Å². The zero-order chi connectivity index (χ0) is 18.2. The summed E-state index contributed by atoms with van der Waals surface area (Å²) >= 11 is 0. The summed E-state index contributed by atoms with van der Waals surface area (Å²) in [6.45, 7) is 2.52. The SMILES string of the molecule is COc1ccc(C(O)C(C)NCCC(=O)C2CCCCC2)cc1OC. The van der Waals surface area contributed by atoms with Gasteiger partial charge in [-0.15, -0.1) is 0 Å². The van der Waals surface area contributed by atoms with E-state index < -0.39 is 6.10 Å². The average Bonchev–Trinajstić information content (AvgIpc) is 2.67. The fourth-order valence-corrected chi connectivity index (χ4v) is 3.49. The Kier molecular flexibility index (Phi) is 7.72. The van der Waals surface area contributed by atoms with Gasteiger partial charge in [0.15, 0.2) is 11.5 Å². The molecule has 0 spiro atoms. The molecule has 0 heterocycles. The highest BCUT2D eigenvalue weighted by atomic mass is 16.5. The van der Waals surface area contributed by atoms with E-state index in [0.29, 0.717) is 30.2 Å². The lowest BCUT2D eigenvalue weighted by atomic mass is 9.85. The molecule has 0 radical (unpaired) electrons. The molecule has 1 fully saturated rings. The molecule has 1 aliphatic rings. The minimum Gasteiger partial charge on any atom is -0.493 e. The van der Waals surface area contributed by atoms with E-state index in [1.165, 1.54) is 19.3 Å². The molecule has 140 valence electrons. The van der Waals surface area contributed by atoms with Crippen LogP contribution >= 0.6 is 0 Å². The topological polar surface area (TPSA) is 67.8 Å². The highest BCUT2D eigenvalue weighted by Crippen LogP contribution is 2.31. The van der Waals surface area contributed by atoms with E-state index in [0.717, 1.165) is 18.4 Å². The van der Waals surface area contributed by atoms with Crippen molar-refractivity contribution in [2.45, 2.75) is 57.6 Å². The van der Waals surface area contributed by atoms with Gasteiger partial charge in [-0.1, -0.05) is 25.3 Å². The molecule has 25 heavy (non-hydrogen) atoms. The number of methoxy groups -OCH3 is 2. The van der Waals surface area contributed by atoms with E-state index >= 15 is 0 Å². The Balaban J connectivity index is 1.83. The van der Waals surface area contributed by atoms with Crippen LogP contribution < -0.4 is 14.8 Å². The van der Waals surface area contributed by atoms with Crippen molar-refractivity contribution >= 4 is 5.78 Å². The second-order valence-corrected chi connectivity index (χ2v) is 6.85. The molecule has 1 aliphatic carbocycles. The summed E-state index contributed by atoms with van der Waals surface area (Å²) in [5.41, 5.74) is 0.760. The fraction of sp³-hybridized carbons (Fsp3) is 0.650. The Hall–Kier alpha value is -1.59. The predicted octanol–water partition coefficient (Wildman–Crippen LogP) is 3.25. The molecule has 0 bridgehead atoms. The first-order valence-electron chi connectivity index (χ1n) is 9.23. The molecule has 0 aliphatic heterocycles. The van der Waals surface area contributed by atoms with E-state index in [2.05, 4.69) is 5.32 Å². The molecule has 2 N–H and O–H groups in total. The third-order valence-electron chi connectivity index (χ3n) is 5.12. The van der Waals surface area contributed by atoms with Crippen LogP contribution in [-0.2, 0) is 4.79 Å². The fourth-order valence-electron chi connectivity index (χ4n) is 3.49. The van der Waals surface area contributed by atoms with Crippen LogP contribution in [0.5, 0.6) is 11.5 Å². The molecule has 1 aromatic rings. The maximum Gasteiger partial charge on any atom is 0.161 e. The highest BCUT2D eigenvalue weighted by Gasteiger charge is 2.22. The van der Waals surface area contributed by atoms with Crippen LogP contribution in [0, 0.1) is 5.92 Å². The highest BCUT2D eigenvalue weighted by molar-refractivity contribution is 5.81. The van der Waals surface area contributed by atoms with Gasteiger partial charge in [-0.25, -0.2) is 0 Å². The largest absolute Gasteiger partial charge is 0.493 e. The summed E-state index contributed by atoms with van der Waals surface area (Å²) in [6, 6.07) is 5.25. The van der Waals surface area contributed by atoms with Gasteiger partial charge in [-0.3, -0.25) is 4.79 Å². The first kappa shape index (κ1) is 19.7. The van der Waals surface area contributed by atoms with E-state index in [4.69, 9.17) is 9.47 Å². The Morgan fingerprint density at radius 2 is 1.88 bits per heavy atom. The van der Waals surface area contributed by atoms with E-state index in [1.54, 1.807) is 26.4 Å². The Bertz CT molecular complexity index is 555. The number of hydrogen-bond acceptors (Lipinski definition) is 5. The van der Waals surface area contributed by atoms with Crippen LogP contribution in [0.4, 0.5) is 0 Å². The molecular formula is C20H31NO4. The van der Waals surface area contributed by atoms with Gasteiger partial charge in [0.25, 0.3) is 0 Å². The second kappa shape index (κ2) is 9.78. The van der Waals surface area contributed by atoms with Gasteiger partial charge >= 0.3 is 0 Å². The van der Waals surface area contributed by atoms with Gasteiger partial charge in [0.1, 0.15) is 5.78 Å². The maximum atomic E-state index is 12.2. The molecule has 5 heteroatoms. The predicted molar refractivity (Wildman–Crippen MR) is 98.2 cm³/mol. The number of carbonyl (C=O) groups excluding carboxylic acids is 1. The van der Waals surface area contributed by atoms with Gasteiger partial charge in [-0.05, 0) is 37.5 Å². The molecule has 1 aromatic carbocycles. The summed E-state index contributed by atoms with van der Waals surface area (Å²) in [6.07, 6.45) is 5.57. The van der Waals surface area contributed by atoms with Crippen LogP contribution in [0.1, 0.15) is 57.1 Å². The lowest BCUT2D eigenvalue weighted by molar-refractivity contribution is -0.123. The van der Waals surface area contributed by atoms with Crippen LogP contribution in [0.2, 0.25) is 0 Å². The monoisotopic (exact) mass is 349 g/mol. The number of Topliss-reactive ketones (excluding diaryl/α,β-unsaturated/α-hetero) is 1. The molecule has 1 saturated carbocycles. The van der Waals surface area contributed by atoms with Crippen LogP contribution in [0.15, 0.2) is 18.2 Å². The number of nitrogens with one attached hydrogen (secondary N) is 1. The minimum atomic E-state index is -0.676. The van der Waals surface area contributed by atoms with Crippen molar-refractivity contribution in [2.75, 3.05) is 20.8 Å². The number of hydrogen-bond donors (Lipinski definition) is 2. The van der Waals surface area contributed by atoms with Gasteiger partial charge in [0, 0.05) is 24.9 Å². The third-order valence-corrected chi connectivity index (χ3v) is 5.12. The number of ether oxygens (including phenoxy) is 2. The van der Waals surface area contributed by atoms with Crippen LogP contribution in [0.25, 0.3) is 0 Å². The number of rotatable bonds is 9. The molecule has 0 saturated heterocycles. The number of carbonyl (C=O) groups is 1. The number of benzene rings is 1. The quantitative estimate of drug-likeness (QED) is 0.716. The zero-order valence-corrected chi connectivity index (χ0v) is 15.6. The number of ketones is 1. The lowest BCUT2D eigenvalue weighted by Gasteiger charge is -2.23. The Morgan fingerprint density at radius 3 is 2.52 bits per heavy atom. The molecule has 2 rings (SSSR count). The van der Waals surface area contributed by atoms with Crippen molar-refractivity contribution in [3.63, 3.8) is 0 Å². The first-order chi connectivity index (χ1) is 12.1. The summed E-state index contributed by atoms with van der Waals surface area (Å²) in [7, 11) is 3.16.